The third-order valence-corrected chi connectivity index (χ3v) is 5.08. The van der Waals surface area contributed by atoms with Crippen LogP contribution in [-0.2, 0) is 19.1 Å². The maximum absolute atomic E-state index is 15.1. The van der Waals surface area contributed by atoms with Gasteiger partial charge in [0, 0.05) is 18.6 Å². The molecule has 0 N–H and O–H groups in total. The summed E-state index contributed by atoms with van der Waals surface area (Å²) in [5, 5.41) is 0. The second kappa shape index (κ2) is 7.08. The van der Waals surface area contributed by atoms with E-state index in [0.717, 1.165) is 0 Å². The molecule has 0 aromatic heterocycles. The number of fused-ring (bicyclic) bond motifs is 2. The number of carbonyl (C=O) groups is 2. The number of rotatable bonds is 5. The van der Waals surface area contributed by atoms with Crippen LogP contribution < -0.4 is 0 Å². The van der Waals surface area contributed by atoms with Crippen LogP contribution in [0.2, 0.25) is 0 Å². The standard InChI is InChI=1S/C16H12F10O4.FH/c1-3-8(27)29-11-5-10(18,7-17)14(21,22)13(20,15(11,23)24)16(25,26)12(19,6-11)30-9(28)4-2;/h3-4H,1-2,5-7H2;1H. The quantitative estimate of drug-likeness (QED) is 0.339. The lowest BCUT2D eigenvalue weighted by Crippen LogP contribution is -2.90. The molecule has 4 atom stereocenters. The summed E-state index contributed by atoms with van der Waals surface area (Å²) in [4.78, 5) is 22.7. The third-order valence-electron chi connectivity index (χ3n) is 5.08. The molecular weight excluding hydrogens is 465 g/mol. The van der Waals surface area contributed by atoms with Crippen molar-refractivity contribution < 1.29 is 67.7 Å². The van der Waals surface area contributed by atoms with E-state index in [0.29, 0.717) is 0 Å². The fourth-order valence-electron chi connectivity index (χ4n) is 3.60. The molecule has 0 aliphatic heterocycles. The van der Waals surface area contributed by atoms with Crippen molar-refractivity contribution >= 4 is 11.9 Å². The van der Waals surface area contributed by atoms with Crippen molar-refractivity contribution in [3.63, 3.8) is 0 Å². The van der Waals surface area contributed by atoms with Crippen LogP contribution in [0.3, 0.4) is 0 Å². The van der Waals surface area contributed by atoms with Crippen LogP contribution in [-0.4, -0.2) is 59.2 Å². The second-order valence-corrected chi connectivity index (χ2v) is 6.81. The summed E-state index contributed by atoms with van der Waals surface area (Å²) in [6, 6.07) is 0. The van der Waals surface area contributed by atoms with Gasteiger partial charge in [-0.1, -0.05) is 13.2 Å². The lowest BCUT2D eigenvalue weighted by molar-refractivity contribution is -0.483. The van der Waals surface area contributed by atoms with E-state index in [9.17, 15) is 44.7 Å². The minimum atomic E-state index is -6.85. The fraction of sp³-hybridized carbons (Fsp3) is 0.625. The number of alkyl halides is 10. The second-order valence-electron chi connectivity index (χ2n) is 6.81. The first-order valence-electron chi connectivity index (χ1n) is 7.85. The SMILES string of the molecule is C=CC(=O)OC1(F)CC2(OC(=O)C=C)CC(F)(CF)C(F)(F)C(F)(C1(F)F)C2(F)F.F. The number of hydrogen-bond acceptors (Lipinski definition) is 4. The Balaban J connectivity index is 0.00000480. The Kier molecular flexibility index (Phi) is 6.10. The van der Waals surface area contributed by atoms with E-state index < -0.39 is 72.0 Å². The zero-order valence-corrected chi connectivity index (χ0v) is 15.0. The van der Waals surface area contributed by atoms with Gasteiger partial charge < -0.3 is 9.47 Å². The number of halogens is 11. The first-order valence-corrected chi connectivity index (χ1v) is 7.85. The lowest BCUT2D eigenvalue weighted by Gasteiger charge is -2.63. The molecule has 0 saturated heterocycles. The molecule has 2 bridgehead atoms. The molecule has 0 spiro atoms. The van der Waals surface area contributed by atoms with E-state index in [4.69, 9.17) is 0 Å². The van der Waals surface area contributed by atoms with Crippen LogP contribution in [0.5, 0.6) is 0 Å². The molecule has 2 aliphatic rings. The van der Waals surface area contributed by atoms with E-state index in [1.54, 1.807) is 0 Å². The molecule has 31 heavy (non-hydrogen) atoms. The van der Waals surface area contributed by atoms with Crippen molar-refractivity contribution in [2.45, 2.75) is 53.4 Å². The highest BCUT2D eigenvalue weighted by Gasteiger charge is 3.02. The predicted octanol–water partition coefficient (Wildman–Crippen LogP) is 4.10. The Bertz CT molecular complexity index is 792. The molecule has 178 valence electrons. The summed E-state index contributed by atoms with van der Waals surface area (Å²) in [6.07, 6.45) is -5.30. The Morgan fingerprint density at radius 1 is 0.774 bits per heavy atom. The molecule has 0 aromatic carbocycles. The maximum atomic E-state index is 15.1. The van der Waals surface area contributed by atoms with Crippen LogP contribution in [0, 0.1) is 0 Å². The van der Waals surface area contributed by atoms with Crippen molar-refractivity contribution in [1.29, 1.82) is 0 Å². The van der Waals surface area contributed by atoms with E-state index in [1.165, 1.54) is 0 Å². The summed E-state index contributed by atoms with van der Waals surface area (Å²) < 4.78 is 153. The third kappa shape index (κ3) is 2.80. The van der Waals surface area contributed by atoms with Crippen molar-refractivity contribution in [3.8, 4) is 0 Å². The molecule has 4 nitrogen and oxygen atoms in total. The van der Waals surface area contributed by atoms with Gasteiger partial charge in [-0.25, -0.2) is 22.8 Å². The molecule has 2 saturated carbocycles. The number of hydrogen-bond donors (Lipinski definition) is 0. The summed E-state index contributed by atoms with van der Waals surface area (Å²) >= 11 is 0. The summed E-state index contributed by atoms with van der Waals surface area (Å²) in [6.45, 7) is 2.43. The van der Waals surface area contributed by atoms with E-state index in [2.05, 4.69) is 22.6 Å². The highest BCUT2D eigenvalue weighted by molar-refractivity contribution is 5.82. The van der Waals surface area contributed by atoms with Gasteiger partial charge in [-0.2, -0.15) is 30.7 Å². The Hall–Kier alpha value is -2.35. The van der Waals surface area contributed by atoms with Crippen molar-refractivity contribution in [2.75, 3.05) is 6.67 Å². The molecule has 2 rings (SSSR count). The number of carbonyl (C=O) groups excluding carboxylic acids is 2. The van der Waals surface area contributed by atoms with Crippen LogP contribution in [0.15, 0.2) is 25.3 Å². The Morgan fingerprint density at radius 2 is 1.23 bits per heavy atom. The highest BCUT2D eigenvalue weighted by Crippen LogP contribution is 2.74. The largest absolute Gasteiger partial charge is 0.449 e. The Labute approximate surface area is 166 Å². The molecule has 15 heteroatoms. The minimum Gasteiger partial charge on any atom is -0.449 e. The highest BCUT2D eigenvalue weighted by atomic mass is 19.3. The number of esters is 2. The fourth-order valence-corrected chi connectivity index (χ4v) is 3.60. The molecule has 0 radical (unpaired) electrons. The zero-order chi connectivity index (χ0) is 23.6. The van der Waals surface area contributed by atoms with Gasteiger partial charge in [-0.05, 0) is 0 Å². The first-order chi connectivity index (χ1) is 13.4. The monoisotopic (exact) mass is 478 g/mol. The predicted molar refractivity (Wildman–Crippen MR) is 79.4 cm³/mol. The van der Waals surface area contributed by atoms with Gasteiger partial charge in [0.1, 0.15) is 6.67 Å². The lowest BCUT2D eigenvalue weighted by atomic mass is 9.54. The molecule has 4 unspecified atom stereocenters. The van der Waals surface area contributed by atoms with Gasteiger partial charge in [0.15, 0.2) is 5.60 Å². The molecule has 0 heterocycles. The molecule has 0 amide bonds. The summed E-state index contributed by atoms with van der Waals surface area (Å²) in [5.74, 6) is -28.9. The van der Waals surface area contributed by atoms with Gasteiger partial charge in [-0.15, -0.1) is 0 Å². The van der Waals surface area contributed by atoms with Gasteiger partial charge in [0.2, 0.25) is 5.67 Å². The molecular formula is C16H13F11O4. The average Bonchev–Trinajstić information content (AvgIpc) is 2.63. The van der Waals surface area contributed by atoms with Crippen LogP contribution >= 0.6 is 0 Å². The van der Waals surface area contributed by atoms with E-state index in [1.807, 2.05) is 0 Å². The zero-order valence-electron chi connectivity index (χ0n) is 15.0. The van der Waals surface area contributed by atoms with Gasteiger partial charge in [0.25, 0.3) is 0 Å². The van der Waals surface area contributed by atoms with Crippen LogP contribution in [0.1, 0.15) is 12.8 Å². The van der Waals surface area contributed by atoms with Crippen LogP contribution in [0.25, 0.3) is 0 Å². The van der Waals surface area contributed by atoms with Crippen LogP contribution in [0.4, 0.5) is 48.6 Å². The average molecular weight is 478 g/mol. The van der Waals surface area contributed by atoms with Crippen molar-refractivity contribution in [3.05, 3.63) is 25.3 Å². The maximum Gasteiger partial charge on any atom is 0.362 e. The number of ether oxygens (including phenoxy) is 2. The molecule has 2 aliphatic carbocycles. The molecule has 0 aromatic rings. The topological polar surface area (TPSA) is 52.6 Å². The smallest absolute Gasteiger partial charge is 0.362 e. The summed E-state index contributed by atoms with van der Waals surface area (Å²) in [7, 11) is 0. The van der Waals surface area contributed by atoms with E-state index >= 15 is 8.78 Å². The van der Waals surface area contributed by atoms with Gasteiger partial charge >= 0.3 is 41.2 Å². The van der Waals surface area contributed by atoms with Crippen molar-refractivity contribution in [2.24, 2.45) is 0 Å². The molecule has 2 fully saturated rings. The van der Waals surface area contributed by atoms with Crippen molar-refractivity contribution in [1.82, 2.24) is 0 Å². The first kappa shape index (κ1) is 26.7. The minimum absolute atomic E-state index is 0. The summed E-state index contributed by atoms with van der Waals surface area (Å²) in [5.41, 5.74) is -16.4. The van der Waals surface area contributed by atoms with Gasteiger partial charge in [0.05, 0.1) is 6.42 Å². The Morgan fingerprint density at radius 3 is 1.65 bits per heavy atom. The van der Waals surface area contributed by atoms with Gasteiger partial charge in [-0.3, -0.25) is 4.70 Å². The normalized spacial score (nSPS) is 39.4. The van der Waals surface area contributed by atoms with E-state index in [-0.39, 0.29) is 16.9 Å².